The monoisotopic (exact) mass is 284 g/mol. The van der Waals surface area contributed by atoms with Gasteiger partial charge in [-0.1, -0.05) is 30.3 Å². The van der Waals surface area contributed by atoms with E-state index < -0.39 is 0 Å². The Labute approximate surface area is 121 Å². The average Bonchev–Trinajstić information content (AvgIpc) is 2.91. The third-order valence-electron chi connectivity index (χ3n) is 3.68. The number of carbonyl (C=O) groups excluding carboxylic acids is 2. The minimum Gasteiger partial charge on any atom is -0.354 e. The van der Waals surface area contributed by atoms with E-state index in [9.17, 15) is 9.59 Å². The van der Waals surface area contributed by atoms with Gasteiger partial charge in [0.1, 0.15) is 5.69 Å². The SMILES string of the molecule is CNC(=O)c1[nH]nc2c1[C@H](Cc1ccccc1)CC(=O)N2. The topological polar surface area (TPSA) is 86.9 Å². The fraction of sp³-hybridized carbons (Fsp3) is 0.267. The zero-order valence-corrected chi connectivity index (χ0v) is 11.6. The molecule has 1 atom stereocenters. The van der Waals surface area contributed by atoms with Crippen LogP contribution in [0.4, 0.5) is 5.82 Å². The highest BCUT2D eigenvalue weighted by molar-refractivity contribution is 6.00. The van der Waals surface area contributed by atoms with Gasteiger partial charge in [0.25, 0.3) is 5.91 Å². The maximum absolute atomic E-state index is 11.9. The molecule has 108 valence electrons. The number of benzene rings is 1. The summed E-state index contributed by atoms with van der Waals surface area (Å²) >= 11 is 0. The van der Waals surface area contributed by atoms with Crippen LogP contribution in [-0.2, 0) is 11.2 Å². The number of aromatic nitrogens is 2. The van der Waals surface area contributed by atoms with Crippen molar-refractivity contribution in [3.8, 4) is 0 Å². The summed E-state index contributed by atoms with van der Waals surface area (Å²) in [6.45, 7) is 0. The molecule has 0 fully saturated rings. The molecule has 21 heavy (non-hydrogen) atoms. The van der Waals surface area contributed by atoms with Crippen LogP contribution in [0.25, 0.3) is 0 Å². The Kier molecular flexibility index (Phi) is 3.43. The lowest BCUT2D eigenvalue weighted by atomic mass is 9.86. The predicted molar refractivity (Wildman–Crippen MR) is 78.1 cm³/mol. The summed E-state index contributed by atoms with van der Waals surface area (Å²) in [5.74, 6) is 0.115. The molecular weight excluding hydrogens is 268 g/mol. The zero-order chi connectivity index (χ0) is 14.8. The molecule has 2 heterocycles. The van der Waals surface area contributed by atoms with E-state index in [0.29, 0.717) is 24.4 Å². The molecule has 3 rings (SSSR count). The van der Waals surface area contributed by atoms with Crippen molar-refractivity contribution in [3.63, 3.8) is 0 Å². The third-order valence-corrected chi connectivity index (χ3v) is 3.68. The molecule has 0 saturated carbocycles. The smallest absolute Gasteiger partial charge is 0.269 e. The fourth-order valence-electron chi connectivity index (χ4n) is 2.72. The number of H-pyrrole nitrogens is 1. The molecule has 1 aliphatic heterocycles. The molecule has 6 nitrogen and oxygen atoms in total. The number of anilines is 1. The van der Waals surface area contributed by atoms with Crippen LogP contribution in [0.1, 0.15) is 34.0 Å². The van der Waals surface area contributed by atoms with Crippen molar-refractivity contribution < 1.29 is 9.59 Å². The molecule has 1 aromatic heterocycles. The minimum absolute atomic E-state index is 0.0535. The van der Waals surface area contributed by atoms with Crippen LogP contribution >= 0.6 is 0 Å². The van der Waals surface area contributed by atoms with Gasteiger partial charge in [-0.2, -0.15) is 5.10 Å². The van der Waals surface area contributed by atoms with Gasteiger partial charge in [0.15, 0.2) is 5.82 Å². The molecule has 0 aliphatic carbocycles. The van der Waals surface area contributed by atoms with E-state index in [1.807, 2.05) is 30.3 Å². The highest BCUT2D eigenvalue weighted by atomic mass is 16.2. The molecular formula is C15H16N4O2. The largest absolute Gasteiger partial charge is 0.354 e. The number of hydrogen-bond acceptors (Lipinski definition) is 3. The summed E-state index contributed by atoms with van der Waals surface area (Å²) in [6, 6.07) is 9.93. The van der Waals surface area contributed by atoms with Crippen molar-refractivity contribution in [2.45, 2.75) is 18.8 Å². The molecule has 0 radical (unpaired) electrons. The van der Waals surface area contributed by atoms with Gasteiger partial charge in [0.2, 0.25) is 5.91 Å². The Hall–Kier alpha value is -2.63. The van der Waals surface area contributed by atoms with Crippen LogP contribution in [0, 0.1) is 0 Å². The lowest BCUT2D eigenvalue weighted by Gasteiger charge is -2.22. The zero-order valence-electron chi connectivity index (χ0n) is 11.6. The number of nitrogens with zero attached hydrogens (tertiary/aromatic N) is 1. The Morgan fingerprint density at radius 2 is 2.14 bits per heavy atom. The van der Waals surface area contributed by atoms with Crippen molar-refractivity contribution in [3.05, 3.63) is 47.2 Å². The molecule has 0 spiro atoms. The van der Waals surface area contributed by atoms with Gasteiger partial charge in [-0.25, -0.2) is 0 Å². The highest BCUT2D eigenvalue weighted by Crippen LogP contribution is 2.35. The van der Waals surface area contributed by atoms with Crippen LogP contribution in [0.15, 0.2) is 30.3 Å². The van der Waals surface area contributed by atoms with Gasteiger partial charge < -0.3 is 10.6 Å². The van der Waals surface area contributed by atoms with Crippen molar-refractivity contribution in [2.24, 2.45) is 0 Å². The van der Waals surface area contributed by atoms with E-state index in [1.54, 1.807) is 7.05 Å². The standard InChI is InChI=1S/C15H16N4O2/c1-16-15(21)13-12-10(7-9-5-3-2-4-6-9)8-11(20)17-14(12)19-18-13/h2-6,10H,7-8H2,1H3,(H,16,21)(H2,17,18,19,20)/t10-/m1/s1. The first kappa shape index (κ1) is 13.4. The molecule has 6 heteroatoms. The van der Waals surface area contributed by atoms with Gasteiger partial charge >= 0.3 is 0 Å². The van der Waals surface area contributed by atoms with Gasteiger partial charge in [-0.3, -0.25) is 14.7 Å². The lowest BCUT2D eigenvalue weighted by Crippen LogP contribution is -2.27. The highest BCUT2D eigenvalue weighted by Gasteiger charge is 2.32. The van der Waals surface area contributed by atoms with Crippen LogP contribution in [0.5, 0.6) is 0 Å². The first-order chi connectivity index (χ1) is 10.2. The Balaban J connectivity index is 1.97. The molecule has 2 aromatic rings. The number of carbonyl (C=O) groups is 2. The van der Waals surface area contributed by atoms with Crippen molar-refractivity contribution in [2.75, 3.05) is 12.4 Å². The van der Waals surface area contributed by atoms with Gasteiger partial charge in [-0.05, 0) is 12.0 Å². The van der Waals surface area contributed by atoms with E-state index in [-0.39, 0.29) is 17.7 Å². The third kappa shape index (κ3) is 2.52. The molecule has 1 aromatic carbocycles. The second kappa shape index (κ2) is 5.40. The maximum Gasteiger partial charge on any atom is 0.269 e. The number of rotatable bonds is 3. The minimum atomic E-state index is -0.224. The maximum atomic E-state index is 11.9. The molecule has 1 aliphatic rings. The first-order valence-electron chi connectivity index (χ1n) is 6.83. The summed E-state index contributed by atoms with van der Waals surface area (Å²) in [5, 5.41) is 12.1. The first-order valence-corrected chi connectivity index (χ1v) is 6.83. The van der Waals surface area contributed by atoms with E-state index >= 15 is 0 Å². The summed E-state index contributed by atoms with van der Waals surface area (Å²) in [6.07, 6.45) is 1.05. The van der Waals surface area contributed by atoms with E-state index in [2.05, 4.69) is 20.8 Å². The summed E-state index contributed by atoms with van der Waals surface area (Å²) in [5.41, 5.74) is 2.35. The van der Waals surface area contributed by atoms with Gasteiger partial charge in [-0.15, -0.1) is 0 Å². The van der Waals surface area contributed by atoms with Gasteiger partial charge in [0.05, 0.1) is 0 Å². The van der Waals surface area contributed by atoms with E-state index in [1.165, 1.54) is 0 Å². The van der Waals surface area contributed by atoms with E-state index in [4.69, 9.17) is 0 Å². The molecule has 0 unspecified atom stereocenters. The van der Waals surface area contributed by atoms with Crippen molar-refractivity contribution >= 4 is 17.6 Å². The second-order valence-electron chi connectivity index (χ2n) is 5.08. The Bertz CT molecular complexity index is 678. The number of aromatic amines is 1. The lowest BCUT2D eigenvalue weighted by molar-refractivity contribution is -0.116. The number of hydrogen-bond donors (Lipinski definition) is 3. The average molecular weight is 284 g/mol. The summed E-state index contributed by atoms with van der Waals surface area (Å²) in [4.78, 5) is 23.7. The quantitative estimate of drug-likeness (QED) is 0.797. The molecule has 0 saturated heterocycles. The van der Waals surface area contributed by atoms with Crippen LogP contribution in [-0.4, -0.2) is 29.1 Å². The number of nitrogens with one attached hydrogen (secondary N) is 3. The van der Waals surface area contributed by atoms with Crippen LogP contribution < -0.4 is 10.6 Å². The van der Waals surface area contributed by atoms with E-state index in [0.717, 1.165) is 11.1 Å². The van der Waals surface area contributed by atoms with Crippen molar-refractivity contribution in [1.29, 1.82) is 0 Å². The van der Waals surface area contributed by atoms with Crippen LogP contribution in [0.2, 0.25) is 0 Å². The summed E-state index contributed by atoms with van der Waals surface area (Å²) in [7, 11) is 1.57. The van der Waals surface area contributed by atoms with Gasteiger partial charge in [0, 0.05) is 24.9 Å². The normalized spacial score (nSPS) is 17.0. The second-order valence-corrected chi connectivity index (χ2v) is 5.08. The predicted octanol–water partition coefficient (Wildman–Crippen LogP) is 1.44. The fourth-order valence-corrected chi connectivity index (χ4v) is 2.72. The molecule has 0 bridgehead atoms. The number of amides is 2. The Morgan fingerprint density at radius 3 is 2.86 bits per heavy atom. The van der Waals surface area contributed by atoms with Crippen LogP contribution in [0.3, 0.4) is 0 Å². The molecule has 3 N–H and O–H groups in total. The number of fused-ring (bicyclic) bond motifs is 1. The molecule has 2 amide bonds. The summed E-state index contributed by atoms with van der Waals surface area (Å²) < 4.78 is 0. The van der Waals surface area contributed by atoms with Crippen molar-refractivity contribution in [1.82, 2.24) is 15.5 Å². The Morgan fingerprint density at radius 1 is 1.38 bits per heavy atom.